The number of nitrogens with two attached hydrogens (primary N) is 1. The van der Waals surface area contributed by atoms with Crippen molar-refractivity contribution >= 4 is 0 Å². The van der Waals surface area contributed by atoms with Crippen LogP contribution in [0.1, 0.15) is 57.6 Å². The van der Waals surface area contributed by atoms with E-state index in [9.17, 15) is 0 Å². The van der Waals surface area contributed by atoms with Gasteiger partial charge in [-0.05, 0) is 55.1 Å². The molecule has 0 bridgehead atoms. The lowest BCUT2D eigenvalue weighted by Crippen LogP contribution is -2.41. The summed E-state index contributed by atoms with van der Waals surface area (Å²) in [5.41, 5.74) is 9.55. The lowest BCUT2D eigenvalue weighted by Gasteiger charge is -2.38. The van der Waals surface area contributed by atoms with Gasteiger partial charge in [-0.2, -0.15) is 0 Å². The molecule has 0 radical (unpaired) electrons. The first-order chi connectivity index (χ1) is 8.51. The fraction of sp³-hybridized carbons (Fsp3) is 0.647. The molecular weight excluding hydrogens is 218 g/mol. The summed E-state index contributed by atoms with van der Waals surface area (Å²) in [4.78, 5) is 0. The van der Waals surface area contributed by atoms with Gasteiger partial charge in [0.1, 0.15) is 0 Å². The van der Waals surface area contributed by atoms with Crippen LogP contribution in [0, 0.1) is 11.8 Å². The maximum atomic E-state index is 6.75. The highest BCUT2D eigenvalue weighted by Gasteiger charge is 2.33. The van der Waals surface area contributed by atoms with Gasteiger partial charge in [0, 0.05) is 5.54 Å². The summed E-state index contributed by atoms with van der Waals surface area (Å²) in [7, 11) is 0. The number of fused-ring (bicyclic) bond motifs is 1. The second kappa shape index (κ2) is 5.44. The monoisotopic (exact) mass is 245 g/mol. The molecule has 1 aromatic carbocycles. The van der Waals surface area contributed by atoms with E-state index in [1.807, 2.05) is 0 Å². The van der Waals surface area contributed by atoms with Crippen molar-refractivity contribution in [3.05, 3.63) is 35.4 Å². The Morgan fingerprint density at radius 2 is 1.94 bits per heavy atom. The van der Waals surface area contributed by atoms with E-state index in [0.29, 0.717) is 5.92 Å². The largest absolute Gasteiger partial charge is 0.321 e. The zero-order chi connectivity index (χ0) is 13.2. The minimum absolute atomic E-state index is 0.0802. The molecular formula is C17H27N. The van der Waals surface area contributed by atoms with E-state index in [-0.39, 0.29) is 5.54 Å². The smallest absolute Gasteiger partial charge is 0.0415 e. The van der Waals surface area contributed by atoms with Crippen LogP contribution in [0.25, 0.3) is 0 Å². The molecule has 1 aliphatic carbocycles. The van der Waals surface area contributed by atoms with Gasteiger partial charge in [0.05, 0.1) is 0 Å². The van der Waals surface area contributed by atoms with Crippen LogP contribution in [0.15, 0.2) is 24.3 Å². The number of rotatable bonds is 4. The molecule has 0 fully saturated rings. The van der Waals surface area contributed by atoms with Gasteiger partial charge in [-0.15, -0.1) is 0 Å². The van der Waals surface area contributed by atoms with Crippen LogP contribution in [0.2, 0.25) is 0 Å². The molecule has 2 atom stereocenters. The van der Waals surface area contributed by atoms with Gasteiger partial charge in [0.2, 0.25) is 0 Å². The van der Waals surface area contributed by atoms with Crippen molar-refractivity contribution in [2.75, 3.05) is 0 Å². The predicted molar refractivity (Wildman–Crippen MR) is 78.5 cm³/mol. The predicted octanol–water partition coefficient (Wildman–Crippen LogP) is 4.25. The average Bonchev–Trinajstić information content (AvgIpc) is 2.28. The van der Waals surface area contributed by atoms with Crippen LogP contribution >= 0.6 is 0 Å². The first-order valence-corrected chi connectivity index (χ1v) is 7.38. The third-order valence-corrected chi connectivity index (χ3v) is 4.21. The highest BCUT2D eigenvalue weighted by atomic mass is 14.8. The Kier molecular flexibility index (Phi) is 4.11. The molecule has 1 nitrogen and oxygen atoms in total. The van der Waals surface area contributed by atoms with E-state index < -0.39 is 0 Å². The second-order valence-corrected chi connectivity index (χ2v) is 6.61. The van der Waals surface area contributed by atoms with Gasteiger partial charge in [0.25, 0.3) is 0 Å². The molecule has 1 aromatic rings. The fourth-order valence-electron chi connectivity index (χ4n) is 3.67. The van der Waals surface area contributed by atoms with Crippen molar-refractivity contribution in [1.82, 2.24) is 0 Å². The van der Waals surface area contributed by atoms with Gasteiger partial charge in [0.15, 0.2) is 0 Å². The molecule has 2 rings (SSSR count). The normalized spacial score (nSPS) is 24.9. The molecule has 0 spiro atoms. The Labute approximate surface area is 112 Å². The van der Waals surface area contributed by atoms with E-state index in [2.05, 4.69) is 45.0 Å². The van der Waals surface area contributed by atoms with E-state index in [0.717, 1.165) is 18.8 Å². The third kappa shape index (κ3) is 2.95. The summed E-state index contributed by atoms with van der Waals surface area (Å²) >= 11 is 0. The quantitative estimate of drug-likeness (QED) is 0.843. The maximum Gasteiger partial charge on any atom is 0.0415 e. The Morgan fingerprint density at radius 3 is 2.67 bits per heavy atom. The molecule has 18 heavy (non-hydrogen) atoms. The van der Waals surface area contributed by atoms with Crippen LogP contribution in [-0.2, 0) is 12.0 Å². The standard InChI is InChI=1S/C17H27N/c1-13(2)11-14(3)12-17(18)10-6-8-15-7-4-5-9-16(15)17/h4-5,7,9,13-14H,6,8,10-12,18H2,1-3H3. The van der Waals surface area contributed by atoms with Crippen LogP contribution in [0.4, 0.5) is 0 Å². The molecule has 0 amide bonds. The molecule has 2 unspecified atom stereocenters. The third-order valence-electron chi connectivity index (χ3n) is 4.21. The van der Waals surface area contributed by atoms with Crippen LogP contribution in [0.5, 0.6) is 0 Å². The molecule has 1 aliphatic rings. The maximum absolute atomic E-state index is 6.75. The topological polar surface area (TPSA) is 26.0 Å². The van der Waals surface area contributed by atoms with Crippen LogP contribution < -0.4 is 5.73 Å². The zero-order valence-electron chi connectivity index (χ0n) is 12.1. The average molecular weight is 245 g/mol. The fourth-order valence-corrected chi connectivity index (χ4v) is 3.67. The van der Waals surface area contributed by atoms with Gasteiger partial charge >= 0.3 is 0 Å². The van der Waals surface area contributed by atoms with Gasteiger partial charge in [-0.1, -0.05) is 45.0 Å². The molecule has 0 aromatic heterocycles. The summed E-state index contributed by atoms with van der Waals surface area (Å²) in [5, 5.41) is 0. The number of hydrogen-bond donors (Lipinski definition) is 1. The molecule has 0 heterocycles. The molecule has 100 valence electrons. The van der Waals surface area contributed by atoms with E-state index in [1.165, 1.54) is 30.4 Å². The Hall–Kier alpha value is -0.820. The van der Waals surface area contributed by atoms with Gasteiger partial charge in [-0.25, -0.2) is 0 Å². The minimum Gasteiger partial charge on any atom is -0.321 e. The van der Waals surface area contributed by atoms with Crippen molar-refractivity contribution in [2.24, 2.45) is 17.6 Å². The van der Waals surface area contributed by atoms with E-state index >= 15 is 0 Å². The minimum atomic E-state index is -0.0802. The van der Waals surface area contributed by atoms with E-state index in [4.69, 9.17) is 5.73 Å². The second-order valence-electron chi connectivity index (χ2n) is 6.61. The molecule has 0 aliphatic heterocycles. The van der Waals surface area contributed by atoms with E-state index in [1.54, 1.807) is 0 Å². The van der Waals surface area contributed by atoms with Crippen molar-refractivity contribution in [2.45, 2.75) is 58.4 Å². The summed E-state index contributed by atoms with van der Waals surface area (Å²) < 4.78 is 0. The lowest BCUT2D eigenvalue weighted by atomic mass is 9.72. The summed E-state index contributed by atoms with van der Waals surface area (Å²) in [6, 6.07) is 8.78. The first kappa shape index (κ1) is 13.6. The van der Waals surface area contributed by atoms with Gasteiger partial charge in [-0.3, -0.25) is 0 Å². The molecule has 0 saturated heterocycles. The highest BCUT2D eigenvalue weighted by Crippen LogP contribution is 2.38. The lowest BCUT2D eigenvalue weighted by molar-refractivity contribution is 0.270. The Bertz CT molecular complexity index is 396. The SMILES string of the molecule is CC(C)CC(C)CC1(N)CCCc2ccccc21. The van der Waals surface area contributed by atoms with Crippen LogP contribution in [-0.4, -0.2) is 0 Å². The van der Waals surface area contributed by atoms with Crippen molar-refractivity contribution in [3.63, 3.8) is 0 Å². The summed E-state index contributed by atoms with van der Waals surface area (Å²) in [6.45, 7) is 6.95. The number of hydrogen-bond acceptors (Lipinski definition) is 1. The Balaban J connectivity index is 2.16. The van der Waals surface area contributed by atoms with Crippen molar-refractivity contribution in [3.8, 4) is 0 Å². The van der Waals surface area contributed by atoms with Crippen LogP contribution in [0.3, 0.4) is 0 Å². The van der Waals surface area contributed by atoms with Crippen molar-refractivity contribution in [1.29, 1.82) is 0 Å². The van der Waals surface area contributed by atoms with Gasteiger partial charge < -0.3 is 5.73 Å². The summed E-state index contributed by atoms with van der Waals surface area (Å²) in [5.74, 6) is 1.48. The number of aryl methyl sites for hydroxylation is 1. The first-order valence-electron chi connectivity index (χ1n) is 7.38. The zero-order valence-corrected chi connectivity index (χ0v) is 12.1. The molecule has 2 N–H and O–H groups in total. The van der Waals surface area contributed by atoms with Crippen molar-refractivity contribution < 1.29 is 0 Å². The number of benzene rings is 1. The summed E-state index contributed by atoms with van der Waals surface area (Å²) in [6.07, 6.45) is 5.99. The molecule has 0 saturated carbocycles. The Morgan fingerprint density at radius 1 is 1.22 bits per heavy atom. The highest BCUT2D eigenvalue weighted by molar-refractivity contribution is 5.35. The molecule has 1 heteroatoms.